The van der Waals surface area contributed by atoms with Crippen LogP contribution in [0.5, 0.6) is 0 Å². The van der Waals surface area contributed by atoms with Crippen LogP contribution in [-0.4, -0.2) is 12.6 Å². The van der Waals surface area contributed by atoms with Crippen LogP contribution in [0.1, 0.15) is 52.0 Å². The molecule has 0 saturated heterocycles. The molecule has 2 atom stereocenters. The molecule has 0 spiro atoms. The normalized spacial score (nSPS) is 14.8. The minimum atomic E-state index is 0.552. The monoisotopic (exact) mass is 311 g/mol. The molecule has 2 heteroatoms. The van der Waals surface area contributed by atoms with Gasteiger partial charge >= 0.3 is 0 Å². The number of benzene rings is 1. The van der Waals surface area contributed by atoms with Gasteiger partial charge in [0, 0.05) is 17.1 Å². The van der Waals surface area contributed by atoms with Crippen LogP contribution in [0.2, 0.25) is 0 Å². The third-order valence-electron chi connectivity index (χ3n) is 3.48. The van der Waals surface area contributed by atoms with Gasteiger partial charge in [-0.3, -0.25) is 0 Å². The summed E-state index contributed by atoms with van der Waals surface area (Å²) in [6.07, 6.45) is 2.51. The van der Waals surface area contributed by atoms with E-state index >= 15 is 0 Å². The third-order valence-corrected chi connectivity index (χ3v) is 3.97. The van der Waals surface area contributed by atoms with Crippen LogP contribution in [0.25, 0.3) is 0 Å². The Hall–Kier alpha value is -0.340. The zero-order chi connectivity index (χ0) is 13.5. The van der Waals surface area contributed by atoms with Crippen molar-refractivity contribution in [3.63, 3.8) is 0 Å². The highest BCUT2D eigenvalue weighted by atomic mass is 79.9. The van der Waals surface area contributed by atoms with E-state index in [0.717, 1.165) is 12.5 Å². The van der Waals surface area contributed by atoms with Crippen molar-refractivity contribution in [1.29, 1.82) is 0 Å². The molecule has 0 amide bonds. The summed E-state index contributed by atoms with van der Waals surface area (Å²) < 4.78 is 1.18. The molecule has 1 N–H and O–H groups in total. The zero-order valence-corrected chi connectivity index (χ0v) is 13.6. The number of nitrogens with one attached hydrogen (secondary N) is 1. The van der Waals surface area contributed by atoms with E-state index in [1.807, 2.05) is 0 Å². The summed E-state index contributed by atoms with van der Waals surface area (Å²) in [5.74, 6) is 1.39. The van der Waals surface area contributed by atoms with Crippen molar-refractivity contribution in [3.8, 4) is 0 Å². The first kappa shape index (κ1) is 15.7. The molecule has 0 saturated carbocycles. The van der Waals surface area contributed by atoms with Crippen LogP contribution in [-0.2, 0) is 0 Å². The van der Waals surface area contributed by atoms with Crippen molar-refractivity contribution in [2.24, 2.45) is 5.92 Å². The number of hydrogen-bond donors (Lipinski definition) is 1. The first-order valence-electron chi connectivity index (χ1n) is 7.01. The van der Waals surface area contributed by atoms with Gasteiger partial charge in [0.2, 0.25) is 0 Å². The smallest absolute Gasteiger partial charge is 0.0178 e. The van der Waals surface area contributed by atoms with Crippen LogP contribution in [0.15, 0.2) is 28.7 Å². The lowest BCUT2D eigenvalue weighted by Gasteiger charge is -2.23. The Labute approximate surface area is 120 Å². The molecule has 1 aromatic carbocycles. The Morgan fingerprint density at radius 1 is 1.22 bits per heavy atom. The largest absolute Gasteiger partial charge is 0.314 e. The second-order valence-corrected chi connectivity index (χ2v) is 6.48. The van der Waals surface area contributed by atoms with Crippen LogP contribution < -0.4 is 5.32 Å². The summed E-state index contributed by atoms with van der Waals surface area (Å²) in [6, 6.07) is 9.30. The fraction of sp³-hybridized carbons (Fsp3) is 0.625. The second kappa shape index (κ2) is 7.96. The molecule has 102 valence electrons. The van der Waals surface area contributed by atoms with E-state index in [4.69, 9.17) is 0 Å². The fourth-order valence-corrected chi connectivity index (χ4v) is 2.55. The van der Waals surface area contributed by atoms with Crippen molar-refractivity contribution in [3.05, 3.63) is 34.3 Å². The predicted molar refractivity (Wildman–Crippen MR) is 84.1 cm³/mol. The van der Waals surface area contributed by atoms with Crippen molar-refractivity contribution in [2.45, 2.75) is 52.5 Å². The van der Waals surface area contributed by atoms with E-state index in [0.29, 0.717) is 12.0 Å². The molecule has 0 aliphatic carbocycles. The molecule has 0 heterocycles. The number of hydrogen-bond acceptors (Lipinski definition) is 1. The van der Waals surface area contributed by atoms with Gasteiger partial charge in [-0.15, -0.1) is 0 Å². The van der Waals surface area contributed by atoms with Gasteiger partial charge in [0.15, 0.2) is 0 Å². The van der Waals surface area contributed by atoms with Crippen molar-refractivity contribution in [1.82, 2.24) is 5.32 Å². The highest BCUT2D eigenvalue weighted by molar-refractivity contribution is 9.10. The molecular weight excluding hydrogens is 286 g/mol. The van der Waals surface area contributed by atoms with Gasteiger partial charge in [0.05, 0.1) is 0 Å². The highest BCUT2D eigenvalue weighted by Crippen LogP contribution is 2.27. The minimum Gasteiger partial charge on any atom is -0.314 e. The number of rotatable bonds is 7. The molecule has 0 bridgehead atoms. The third kappa shape index (κ3) is 5.53. The lowest BCUT2D eigenvalue weighted by atomic mass is 9.88. The Bertz CT molecular complexity index is 349. The standard InChI is InChI=1S/C16H26BrN/c1-5-13(4)9-15(11-18-12(2)3)14-7-6-8-16(17)10-14/h6-8,10,12-13,15,18H,5,9,11H2,1-4H3. The summed E-state index contributed by atoms with van der Waals surface area (Å²) in [7, 11) is 0. The fourth-order valence-electron chi connectivity index (χ4n) is 2.13. The average Bonchev–Trinajstić information content (AvgIpc) is 2.33. The van der Waals surface area contributed by atoms with E-state index in [1.54, 1.807) is 0 Å². The lowest BCUT2D eigenvalue weighted by molar-refractivity contribution is 0.424. The summed E-state index contributed by atoms with van der Waals surface area (Å²) in [6.45, 7) is 10.1. The Morgan fingerprint density at radius 2 is 1.94 bits per heavy atom. The molecule has 0 fully saturated rings. The Kier molecular flexibility index (Phi) is 6.95. The maximum atomic E-state index is 3.58. The van der Waals surface area contributed by atoms with Gasteiger partial charge in [-0.25, -0.2) is 0 Å². The molecule has 2 unspecified atom stereocenters. The maximum absolute atomic E-state index is 3.58. The highest BCUT2D eigenvalue weighted by Gasteiger charge is 2.15. The molecule has 1 nitrogen and oxygen atoms in total. The summed E-state index contributed by atoms with van der Waals surface area (Å²) in [5, 5.41) is 3.58. The van der Waals surface area contributed by atoms with Crippen LogP contribution in [0, 0.1) is 5.92 Å². The first-order chi connectivity index (χ1) is 8.52. The van der Waals surface area contributed by atoms with Crippen LogP contribution in [0.3, 0.4) is 0 Å². The van der Waals surface area contributed by atoms with E-state index in [2.05, 4.69) is 73.2 Å². The molecule has 0 aromatic heterocycles. The Morgan fingerprint density at radius 3 is 2.50 bits per heavy atom. The topological polar surface area (TPSA) is 12.0 Å². The maximum Gasteiger partial charge on any atom is 0.0178 e. The van der Waals surface area contributed by atoms with Gasteiger partial charge in [-0.2, -0.15) is 0 Å². The molecule has 18 heavy (non-hydrogen) atoms. The van der Waals surface area contributed by atoms with Gasteiger partial charge < -0.3 is 5.32 Å². The van der Waals surface area contributed by atoms with Crippen molar-refractivity contribution >= 4 is 15.9 Å². The first-order valence-corrected chi connectivity index (χ1v) is 7.81. The second-order valence-electron chi connectivity index (χ2n) is 5.56. The quantitative estimate of drug-likeness (QED) is 0.750. The van der Waals surface area contributed by atoms with Crippen molar-refractivity contribution < 1.29 is 0 Å². The van der Waals surface area contributed by atoms with E-state index in [1.165, 1.54) is 22.9 Å². The van der Waals surface area contributed by atoms with E-state index in [9.17, 15) is 0 Å². The average molecular weight is 312 g/mol. The van der Waals surface area contributed by atoms with Crippen LogP contribution >= 0.6 is 15.9 Å². The summed E-state index contributed by atoms with van der Waals surface area (Å²) in [5.41, 5.74) is 1.44. The van der Waals surface area contributed by atoms with E-state index < -0.39 is 0 Å². The lowest BCUT2D eigenvalue weighted by Crippen LogP contribution is -2.28. The predicted octanol–water partition coefficient (Wildman–Crippen LogP) is 4.97. The number of halogens is 1. The van der Waals surface area contributed by atoms with Crippen LogP contribution in [0.4, 0.5) is 0 Å². The zero-order valence-electron chi connectivity index (χ0n) is 12.0. The summed E-state index contributed by atoms with van der Waals surface area (Å²) >= 11 is 3.57. The molecule has 1 aromatic rings. The molecule has 0 radical (unpaired) electrons. The van der Waals surface area contributed by atoms with Gasteiger partial charge in [-0.1, -0.05) is 62.2 Å². The van der Waals surface area contributed by atoms with Gasteiger partial charge in [0.25, 0.3) is 0 Å². The SMILES string of the molecule is CCC(C)CC(CNC(C)C)c1cccc(Br)c1. The van der Waals surface area contributed by atoms with Gasteiger partial charge in [0.1, 0.15) is 0 Å². The Balaban J connectivity index is 2.75. The summed E-state index contributed by atoms with van der Waals surface area (Å²) in [4.78, 5) is 0. The molecule has 0 aliphatic rings. The molecule has 0 aliphatic heterocycles. The van der Waals surface area contributed by atoms with Gasteiger partial charge in [-0.05, 0) is 36.0 Å². The van der Waals surface area contributed by atoms with Crippen molar-refractivity contribution in [2.75, 3.05) is 6.54 Å². The molecule has 1 rings (SSSR count). The molecular formula is C16H26BrN. The van der Waals surface area contributed by atoms with E-state index in [-0.39, 0.29) is 0 Å². The minimum absolute atomic E-state index is 0.552.